The predicted molar refractivity (Wildman–Crippen MR) is 126 cm³/mol. The van der Waals surface area contributed by atoms with Crippen molar-refractivity contribution in [1.82, 2.24) is 4.90 Å². The number of rotatable bonds is 5. The first-order valence-electron chi connectivity index (χ1n) is 10.9. The normalized spacial score (nSPS) is 17.2. The Kier molecular flexibility index (Phi) is 6.23. The standard InChI is InChI=1S/C27H33NO4/c1-26(2,3)19-12-10-18(11-13-19)22-21(24(30)27(4,5)6)23(29)25(31)28(22)16-17-8-14-20(32-7)15-9-17/h8-15,22,29H,16H2,1-7H3. The summed E-state index contributed by atoms with van der Waals surface area (Å²) in [7, 11) is 1.60. The van der Waals surface area contributed by atoms with Crippen molar-refractivity contribution in [2.24, 2.45) is 5.41 Å². The number of Topliss-reactive ketones (excluding diaryl/α,β-unsaturated/α-hetero) is 1. The summed E-state index contributed by atoms with van der Waals surface area (Å²) in [5.74, 6) is -0.493. The fourth-order valence-electron chi connectivity index (χ4n) is 3.89. The molecule has 1 aliphatic heterocycles. The number of hydrogen-bond acceptors (Lipinski definition) is 4. The molecule has 0 radical (unpaired) electrons. The zero-order valence-corrected chi connectivity index (χ0v) is 20.0. The van der Waals surface area contributed by atoms with Crippen molar-refractivity contribution in [3.63, 3.8) is 0 Å². The average Bonchev–Trinajstić information content (AvgIpc) is 2.97. The Bertz CT molecular complexity index is 1040. The Hall–Kier alpha value is -3.08. The zero-order chi connectivity index (χ0) is 23.8. The van der Waals surface area contributed by atoms with Crippen molar-refractivity contribution in [2.75, 3.05) is 7.11 Å². The summed E-state index contributed by atoms with van der Waals surface area (Å²) >= 11 is 0. The van der Waals surface area contributed by atoms with Crippen molar-refractivity contribution >= 4 is 11.7 Å². The molecule has 1 heterocycles. The number of amides is 1. The summed E-state index contributed by atoms with van der Waals surface area (Å²) in [6.07, 6.45) is 0. The summed E-state index contributed by atoms with van der Waals surface area (Å²) in [5, 5.41) is 10.8. The van der Waals surface area contributed by atoms with Crippen LogP contribution in [0, 0.1) is 5.41 Å². The van der Waals surface area contributed by atoms with Gasteiger partial charge in [0, 0.05) is 12.0 Å². The smallest absolute Gasteiger partial charge is 0.290 e. The van der Waals surface area contributed by atoms with Crippen LogP contribution in [0.15, 0.2) is 59.9 Å². The largest absolute Gasteiger partial charge is 0.503 e. The van der Waals surface area contributed by atoms with Gasteiger partial charge in [0.15, 0.2) is 11.5 Å². The monoisotopic (exact) mass is 435 g/mol. The molecule has 0 aliphatic carbocycles. The fraction of sp³-hybridized carbons (Fsp3) is 0.407. The van der Waals surface area contributed by atoms with Gasteiger partial charge in [0.1, 0.15) is 5.75 Å². The van der Waals surface area contributed by atoms with Crippen molar-refractivity contribution in [3.8, 4) is 5.75 Å². The average molecular weight is 436 g/mol. The van der Waals surface area contributed by atoms with Crippen molar-refractivity contribution in [2.45, 2.75) is 59.5 Å². The van der Waals surface area contributed by atoms with E-state index in [2.05, 4.69) is 20.8 Å². The summed E-state index contributed by atoms with van der Waals surface area (Å²) in [5.41, 5.74) is 2.26. The number of aliphatic hydroxyl groups is 1. The lowest BCUT2D eigenvalue weighted by Crippen LogP contribution is -2.32. The Morgan fingerprint density at radius 2 is 1.53 bits per heavy atom. The van der Waals surface area contributed by atoms with Gasteiger partial charge in [-0.25, -0.2) is 0 Å². The molecule has 5 heteroatoms. The summed E-state index contributed by atoms with van der Waals surface area (Å²) in [6, 6.07) is 14.7. The van der Waals surface area contributed by atoms with Crippen LogP contribution >= 0.6 is 0 Å². The maximum atomic E-state index is 13.3. The van der Waals surface area contributed by atoms with Crippen LogP contribution in [0.2, 0.25) is 0 Å². The Labute approximate surface area is 190 Å². The number of hydrogen-bond donors (Lipinski definition) is 1. The lowest BCUT2D eigenvalue weighted by atomic mass is 9.81. The first-order valence-corrected chi connectivity index (χ1v) is 10.9. The molecule has 170 valence electrons. The third-order valence-corrected chi connectivity index (χ3v) is 5.83. The summed E-state index contributed by atoms with van der Waals surface area (Å²) in [6.45, 7) is 12.1. The van der Waals surface area contributed by atoms with Crippen LogP contribution < -0.4 is 4.74 Å². The number of nitrogens with zero attached hydrogens (tertiary/aromatic N) is 1. The van der Waals surface area contributed by atoms with Gasteiger partial charge in [-0.2, -0.15) is 0 Å². The summed E-state index contributed by atoms with van der Waals surface area (Å²) < 4.78 is 5.22. The van der Waals surface area contributed by atoms with Crippen LogP contribution in [0.3, 0.4) is 0 Å². The molecular weight excluding hydrogens is 402 g/mol. The van der Waals surface area contributed by atoms with E-state index in [0.29, 0.717) is 0 Å². The molecule has 1 atom stereocenters. The number of carbonyl (C=O) groups is 2. The minimum absolute atomic E-state index is 0.0190. The van der Waals surface area contributed by atoms with Crippen LogP contribution in [0.4, 0.5) is 0 Å². The molecule has 1 amide bonds. The van der Waals surface area contributed by atoms with E-state index in [1.54, 1.807) is 32.8 Å². The van der Waals surface area contributed by atoms with E-state index in [-0.39, 0.29) is 23.3 Å². The van der Waals surface area contributed by atoms with E-state index < -0.39 is 23.1 Å². The second-order valence-corrected chi connectivity index (χ2v) is 10.4. The van der Waals surface area contributed by atoms with E-state index in [1.807, 2.05) is 48.5 Å². The number of aliphatic hydroxyl groups excluding tert-OH is 1. The molecule has 2 aromatic carbocycles. The molecule has 0 aromatic heterocycles. The van der Waals surface area contributed by atoms with Crippen molar-refractivity contribution in [3.05, 3.63) is 76.6 Å². The third kappa shape index (κ3) is 4.57. The quantitative estimate of drug-likeness (QED) is 0.673. The molecule has 1 unspecified atom stereocenters. The maximum absolute atomic E-state index is 13.3. The van der Waals surface area contributed by atoms with E-state index in [4.69, 9.17) is 4.74 Å². The van der Waals surface area contributed by atoms with Gasteiger partial charge in [-0.15, -0.1) is 0 Å². The van der Waals surface area contributed by atoms with E-state index in [9.17, 15) is 14.7 Å². The first-order chi connectivity index (χ1) is 14.8. The lowest BCUT2D eigenvalue weighted by molar-refractivity contribution is -0.130. The molecule has 0 fully saturated rings. The minimum Gasteiger partial charge on any atom is -0.503 e. The Balaban J connectivity index is 2.07. The highest BCUT2D eigenvalue weighted by atomic mass is 16.5. The number of ketones is 1. The molecule has 0 saturated carbocycles. The molecule has 0 saturated heterocycles. The Morgan fingerprint density at radius 1 is 0.969 bits per heavy atom. The molecule has 1 aliphatic rings. The predicted octanol–water partition coefficient (Wildman–Crippen LogP) is 5.50. The van der Waals surface area contributed by atoms with Gasteiger partial charge in [0.25, 0.3) is 5.91 Å². The topological polar surface area (TPSA) is 66.8 Å². The van der Waals surface area contributed by atoms with E-state index in [0.717, 1.165) is 22.4 Å². The molecule has 1 N–H and O–H groups in total. The van der Waals surface area contributed by atoms with Gasteiger partial charge in [-0.3, -0.25) is 9.59 Å². The zero-order valence-electron chi connectivity index (χ0n) is 20.0. The highest BCUT2D eigenvalue weighted by Crippen LogP contribution is 2.42. The molecule has 32 heavy (non-hydrogen) atoms. The highest BCUT2D eigenvalue weighted by molar-refractivity contribution is 6.10. The van der Waals surface area contributed by atoms with Gasteiger partial charge in [0.2, 0.25) is 0 Å². The number of benzene rings is 2. The van der Waals surface area contributed by atoms with Crippen molar-refractivity contribution in [1.29, 1.82) is 0 Å². The number of carbonyl (C=O) groups excluding carboxylic acids is 2. The van der Waals surface area contributed by atoms with Crippen LogP contribution in [0.5, 0.6) is 5.75 Å². The second-order valence-electron chi connectivity index (χ2n) is 10.4. The van der Waals surface area contributed by atoms with Gasteiger partial charge < -0.3 is 14.7 Å². The van der Waals surface area contributed by atoms with Gasteiger partial charge in [0.05, 0.1) is 18.7 Å². The Morgan fingerprint density at radius 3 is 2.00 bits per heavy atom. The van der Waals surface area contributed by atoms with E-state index >= 15 is 0 Å². The summed E-state index contributed by atoms with van der Waals surface area (Å²) in [4.78, 5) is 28.0. The molecule has 0 spiro atoms. The second kappa shape index (κ2) is 8.45. The molecular formula is C27H33NO4. The molecule has 3 rings (SSSR count). The SMILES string of the molecule is COc1ccc(CN2C(=O)C(O)=C(C(=O)C(C)(C)C)C2c2ccc(C(C)(C)C)cc2)cc1. The molecule has 2 aromatic rings. The minimum atomic E-state index is -0.733. The fourth-order valence-corrected chi connectivity index (χ4v) is 3.89. The number of ether oxygens (including phenoxy) is 1. The van der Waals surface area contributed by atoms with Crippen LogP contribution in [0.25, 0.3) is 0 Å². The third-order valence-electron chi connectivity index (χ3n) is 5.83. The van der Waals surface area contributed by atoms with Gasteiger partial charge in [-0.05, 0) is 34.2 Å². The van der Waals surface area contributed by atoms with Crippen molar-refractivity contribution < 1.29 is 19.4 Å². The first kappa shape index (κ1) is 23.6. The van der Waals surface area contributed by atoms with Crippen LogP contribution in [-0.2, 0) is 21.5 Å². The van der Waals surface area contributed by atoms with Gasteiger partial charge in [-0.1, -0.05) is 77.9 Å². The highest BCUT2D eigenvalue weighted by Gasteiger charge is 2.45. The van der Waals surface area contributed by atoms with Gasteiger partial charge >= 0.3 is 0 Å². The molecule has 5 nitrogen and oxygen atoms in total. The lowest BCUT2D eigenvalue weighted by Gasteiger charge is -2.29. The maximum Gasteiger partial charge on any atom is 0.290 e. The molecule has 0 bridgehead atoms. The number of methoxy groups -OCH3 is 1. The van der Waals surface area contributed by atoms with Crippen LogP contribution in [-0.4, -0.2) is 28.8 Å². The van der Waals surface area contributed by atoms with Crippen LogP contribution in [0.1, 0.15) is 64.3 Å². The van der Waals surface area contributed by atoms with E-state index in [1.165, 1.54) is 0 Å².